The highest BCUT2D eigenvalue weighted by molar-refractivity contribution is 5.86. The molecule has 1 heteroatoms. The molecule has 2 N–H and O–H groups in total. The number of rotatable bonds is 13. The fourth-order valence-electron chi connectivity index (χ4n) is 4.84. The third-order valence-corrected chi connectivity index (χ3v) is 6.17. The number of benzene rings is 2. The van der Waals surface area contributed by atoms with Crippen LogP contribution in [0.5, 0.6) is 0 Å². The molecular weight excluding hydrogens is 326 g/mol. The van der Waals surface area contributed by atoms with E-state index in [0.29, 0.717) is 5.92 Å². The highest BCUT2D eigenvalue weighted by Crippen LogP contribution is 2.40. The fraction of sp³-hybridized carbons (Fsp3) is 0.615. The van der Waals surface area contributed by atoms with E-state index in [2.05, 4.69) is 63.2 Å². The van der Waals surface area contributed by atoms with E-state index in [1.165, 1.54) is 61.3 Å². The predicted molar refractivity (Wildman–Crippen MR) is 121 cm³/mol. The molecule has 0 aliphatic heterocycles. The molecule has 2 aromatic carbocycles. The average molecular weight is 368 g/mol. The van der Waals surface area contributed by atoms with Crippen LogP contribution in [0.25, 0.3) is 10.8 Å². The molecule has 1 atom stereocenters. The summed E-state index contributed by atoms with van der Waals surface area (Å²) in [6.07, 6.45) is 13.9. The van der Waals surface area contributed by atoms with Gasteiger partial charge in [0.25, 0.3) is 0 Å². The summed E-state index contributed by atoms with van der Waals surface area (Å²) in [5.74, 6) is 0.453. The lowest BCUT2D eigenvalue weighted by atomic mass is 9.71. The van der Waals surface area contributed by atoms with Crippen LogP contribution in [0.15, 0.2) is 42.5 Å². The van der Waals surface area contributed by atoms with Crippen LogP contribution >= 0.6 is 0 Å². The minimum Gasteiger partial charge on any atom is -0.325 e. The smallest absolute Gasteiger partial charge is 0.0223 e. The summed E-state index contributed by atoms with van der Waals surface area (Å²) in [5.41, 5.74) is 8.54. The molecule has 150 valence electrons. The predicted octanol–water partition coefficient (Wildman–Crippen LogP) is 7.97. The number of nitrogens with two attached hydrogens (primary N) is 1. The van der Waals surface area contributed by atoms with Crippen molar-refractivity contribution in [2.75, 3.05) is 0 Å². The molecule has 0 radical (unpaired) electrons. The molecule has 0 amide bonds. The number of hydrogen-bond acceptors (Lipinski definition) is 1. The van der Waals surface area contributed by atoms with E-state index in [0.717, 1.165) is 25.7 Å². The van der Waals surface area contributed by atoms with Crippen molar-refractivity contribution < 1.29 is 0 Å². The van der Waals surface area contributed by atoms with Crippen molar-refractivity contribution >= 4 is 10.8 Å². The Bertz CT molecular complexity index is 649. The summed E-state index contributed by atoms with van der Waals surface area (Å²) in [4.78, 5) is 0. The Morgan fingerprint density at radius 2 is 1.37 bits per heavy atom. The third-order valence-electron chi connectivity index (χ3n) is 6.17. The maximum absolute atomic E-state index is 7.15. The maximum atomic E-state index is 7.15. The van der Waals surface area contributed by atoms with E-state index in [9.17, 15) is 0 Å². The molecule has 0 saturated carbocycles. The van der Waals surface area contributed by atoms with Crippen molar-refractivity contribution in [1.82, 2.24) is 0 Å². The summed E-state index contributed by atoms with van der Waals surface area (Å²) in [6.45, 7) is 6.85. The van der Waals surface area contributed by atoms with Crippen LogP contribution < -0.4 is 5.73 Å². The first-order valence-corrected chi connectivity index (χ1v) is 11.4. The van der Waals surface area contributed by atoms with Crippen molar-refractivity contribution in [3.63, 3.8) is 0 Å². The molecule has 0 spiro atoms. The van der Waals surface area contributed by atoms with E-state index in [4.69, 9.17) is 5.73 Å². The second-order valence-corrected chi connectivity index (χ2v) is 8.41. The van der Waals surface area contributed by atoms with Crippen LogP contribution in [0.1, 0.15) is 103 Å². The quantitative estimate of drug-likeness (QED) is 0.357. The SMILES string of the molecule is CCCCCCCCC(c1cccc2ccccc12)C(N)(CCC)CCC. The summed E-state index contributed by atoms with van der Waals surface area (Å²) in [6, 6.07) is 15.6. The Labute approximate surface area is 167 Å². The Hall–Kier alpha value is -1.34. The molecular formula is C26H41N. The highest BCUT2D eigenvalue weighted by Gasteiger charge is 2.34. The summed E-state index contributed by atoms with van der Waals surface area (Å²) >= 11 is 0. The van der Waals surface area contributed by atoms with Crippen molar-refractivity contribution in [3.05, 3.63) is 48.0 Å². The third kappa shape index (κ3) is 6.07. The Morgan fingerprint density at radius 3 is 2.07 bits per heavy atom. The van der Waals surface area contributed by atoms with E-state index in [1.807, 2.05) is 0 Å². The van der Waals surface area contributed by atoms with Crippen LogP contribution in [0.2, 0.25) is 0 Å². The summed E-state index contributed by atoms with van der Waals surface area (Å²) in [5, 5.41) is 2.75. The molecule has 2 rings (SSSR count). The largest absolute Gasteiger partial charge is 0.325 e. The lowest BCUT2D eigenvalue weighted by Gasteiger charge is -2.39. The first kappa shape index (κ1) is 22.0. The number of unbranched alkanes of at least 4 members (excludes halogenated alkanes) is 5. The topological polar surface area (TPSA) is 26.0 Å². The second kappa shape index (κ2) is 11.5. The first-order valence-electron chi connectivity index (χ1n) is 11.4. The molecule has 27 heavy (non-hydrogen) atoms. The van der Waals surface area contributed by atoms with Crippen molar-refractivity contribution in [1.29, 1.82) is 0 Å². The molecule has 1 unspecified atom stereocenters. The Morgan fingerprint density at radius 1 is 0.741 bits per heavy atom. The molecule has 0 bridgehead atoms. The van der Waals surface area contributed by atoms with Gasteiger partial charge >= 0.3 is 0 Å². The zero-order chi connectivity index (χ0) is 19.5. The van der Waals surface area contributed by atoms with Gasteiger partial charge in [-0.05, 0) is 35.6 Å². The Balaban J connectivity index is 2.27. The number of hydrogen-bond donors (Lipinski definition) is 1. The van der Waals surface area contributed by atoms with Crippen LogP contribution in [-0.2, 0) is 0 Å². The molecule has 0 heterocycles. The molecule has 0 saturated heterocycles. The fourth-order valence-corrected chi connectivity index (χ4v) is 4.84. The molecule has 2 aromatic rings. The number of fused-ring (bicyclic) bond motifs is 1. The van der Waals surface area contributed by atoms with Gasteiger partial charge in [-0.2, -0.15) is 0 Å². The van der Waals surface area contributed by atoms with Gasteiger partial charge in [0.1, 0.15) is 0 Å². The van der Waals surface area contributed by atoms with Crippen molar-refractivity contribution in [2.24, 2.45) is 5.73 Å². The van der Waals surface area contributed by atoms with Gasteiger partial charge in [-0.15, -0.1) is 0 Å². The standard InChI is InChI=1S/C26H41N/c1-4-7-8-9-10-11-19-25(26(27,20-5-2)21-6-3)24-18-14-16-22-15-12-13-17-23(22)24/h12-18,25H,4-11,19-21,27H2,1-3H3. The zero-order valence-corrected chi connectivity index (χ0v) is 18.0. The van der Waals surface area contributed by atoms with Gasteiger partial charge in [0.2, 0.25) is 0 Å². The highest BCUT2D eigenvalue weighted by atomic mass is 14.8. The van der Waals surface area contributed by atoms with Gasteiger partial charge in [0, 0.05) is 11.5 Å². The normalized spacial score (nSPS) is 13.2. The minimum atomic E-state index is -0.0863. The molecule has 0 aliphatic rings. The molecule has 1 nitrogen and oxygen atoms in total. The van der Waals surface area contributed by atoms with Gasteiger partial charge in [0.05, 0.1) is 0 Å². The zero-order valence-electron chi connectivity index (χ0n) is 18.0. The minimum absolute atomic E-state index is 0.0863. The van der Waals surface area contributed by atoms with E-state index in [1.54, 1.807) is 0 Å². The van der Waals surface area contributed by atoms with Gasteiger partial charge in [-0.3, -0.25) is 0 Å². The van der Waals surface area contributed by atoms with Crippen LogP contribution in [0.4, 0.5) is 0 Å². The van der Waals surface area contributed by atoms with Crippen molar-refractivity contribution in [3.8, 4) is 0 Å². The lowest BCUT2D eigenvalue weighted by molar-refractivity contribution is 0.276. The van der Waals surface area contributed by atoms with Crippen molar-refractivity contribution in [2.45, 2.75) is 103 Å². The first-order chi connectivity index (χ1) is 13.2. The van der Waals surface area contributed by atoms with E-state index >= 15 is 0 Å². The van der Waals surface area contributed by atoms with Crippen LogP contribution in [0.3, 0.4) is 0 Å². The van der Waals surface area contributed by atoms with Gasteiger partial charge < -0.3 is 5.73 Å². The van der Waals surface area contributed by atoms with E-state index in [-0.39, 0.29) is 5.54 Å². The van der Waals surface area contributed by atoms with Crippen LogP contribution in [0, 0.1) is 0 Å². The maximum Gasteiger partial charge on any atom is 0.0223 e. The van der Waals surface area contributed by atoms with Gasteiger partial charge in [-0.1, -0.05) is 115 Å². The van der Waals surface area contributed by atoms with Gasteiger partial charge in [-0.25, -0.2) is 0 Å². The van der Waals surface area contributed by atoms with Crippen LogP contribution in [-0.4, -0.2) is 5.54 Å². The molecule has 0 fully saturated rings. The van der Waals surface area contributed by atoms with Gasteiger partial charge in [0.15, 0.2) is 0 Å². The summed E-state index contributed by atoms with van der Waals surface area (Å²) < 4.78 is 0. The average Bonchev–Trinajstić information content (AvgIpc) is 2.67. The Kier molecular flexibility index (Phi) is 9.34. The monoisotopic (exact) mass is 367 g/mol. The lowest BCUT2D eigenvalue weighted by Crippen LogP contribution is -2.45. The van der Waals surface area contributed by atoms with E-state index < -0.39 is 0 Å². The molecule has 0 aliphatic carbocycles. The summed E-state index contributed by atoms with van der Waals surface area (Å²) in [7, 11) is 0. The second-order valence-electron chi connectivity index (χ2n) is 8.41. The molecule has 0 aromatic heterocycles.